The highest BCUT2D eigenvalue weighted by Crippen LogP contribution is 2.48. The quantitative estimate of drug-likeness (QED) is 0.325. The Morgan fingerprint density at radius 3 is 1.73 bits per heavy atom. The fourth-order valence-electron chi connectivity index (χ4n) is 5.90. The van der Waals surface area contributed by atoms with Gasteiger partial charge < -0.3 is 0 Å². The molecule has 1 aromatic rings. The predicted octanol–water partition coefficient (Wildman–Crippen LogP) is 9.33. The fourth-order valence-corrected chi connectivity index (χ4v) is 5.90. The number of rotatable bonds is 8. The topological polar surface area (TPSA) is 0 Å². The van der Waals surface area contributed by atoms with Gasteiger partial charge in [-0.1, -0.05) is 56.9 Å². The first kappa shape index (κ1) is 26.3. The molecule has 33 heavy (non-hydrogen) atoms. The van der Waals surface area contributed by atoms with Crippen LogP contribution in [0.4, 0.5) is 30.7 Å². The van der Waals surface area contributed by atoms with Crippen LogP contribution in [0.1, 0.15) is 94.6 Å². The maximum absolute atomic E-state index is 13.5. The third kappa shape index (κ3) is 6.25. The SMILES string of the molecule is CCC[C@H]1CC[C@H]([C@H]2CC[C@H](c3ccc(CCC(F)(F)C(F)(F)C(F)(F)F)cc3)CC2)CC1. The molecular weight excluding hydrogens is 445 g/mol. The fraction of sp³-hybridized carbons (Fsp3) is 0.769. The van der Waals surface area contributed by atoms with Crippen LogP contribution in [-0.2, 0) is 6.42 Å². The second kappa shape index (κ2) is 10.6. The van der Waals surface area contributed by atoms with Gasteiger partial charge in [0.2, 0.25) is 0 Å². The first-order valence-electron chi connectivity index (χ1n) is 12.4. The average Bonchev–Trinajstić information content (AvgIpc) is 2.78. The highest BCUT2D eigenvalue weighted by molar-refractivity contribution is 5.26. The van der Waals surface area contributed by atoms with Crippen LogP contribution in [0, 0.1) is 17.8 Å². The van der Waals surface area contributed by atoms with Crippen molar-refractivity contribution in [2.24, 2.45) is 17.8 Å². The van der Waals surface area contributed by atoms with Gasteiger partial charge in [-0.2, -0.15) is 30.7 Å². The number of hydrogen-bond donors (Lipinski definition) is 0. The van der Waals surface area contributed by atoms with E-state index in [2.05, 4.69) is 6.92 Å². The van der Waals surface area contributed by atoms with E-state index in [1.54, 1.807) is 12.1 Å². The number of hydrogen-bond acceptors (Lipinski definition) is 0. The molecule has 0 atom stereocenters. The minimum Gasteiger partial charge on any atom is -0.199 e. The number of alkyl halides is 7. The lowest BCUT2D eigenvalue weighted by atomic mass is 9.68. The first-order valence-corrected chi connectivity index (χ1v) is 12.4. The van der Waals surface area contributed by atoms with Crippen molar-refractivity contribution >= 4 is 0 Å². The van der Waals surface area contributed by atoms with Gasteiger partial charge in [-0.3, -0.25) is 0 Å². The van der Waals surface area contributed by atoms with Crippen LogP contribution in [0.3, 0.4) is 0 Å². The molecule has 1 aromatic carbocycles. The van der Waals surface area contributed by atoms with Crippen LogP contribution in [0.25, 0.3) is 0 Å². The summed E-state index contributed by atoms with van der Waals surface area (Å²) in [6, 6.07) is 6.79. The van der Waals surface area contributed by atoms with E-state index >= 15 is 0 Å². The van der Waals surface area contributed by atoms with Gasteiger partial charge in [0.05, 0.1) is 0 Å². The van der Waals surface area contributed by atoms with E-state index in [1.165, 1.54) is 51.4 Å². The monoisotopic (exact) mass is 480 g/mol. The van der Waals surface area contributed by atoms with Crippen molar-refractivity contribution in [2.75, 3.05) is 0 Å². The molecule has 0 saturated heterocycles. The summed E-state index contributed by atoms with van der Waals surface area (Å²) in [5, 5.41) is 0. The molecule has 3 rings (SSSR count). The van der Waals surface area contributed by atoms with Crippen LogP contribution >= 0.6 is 0 Å². The van der Waals surface area contributed by atoms with Crippen LogP contribution in [0.2, 0.25) is 0 Å². The Kier molecular flexibility index (Phi) is 8.42. The molecule has 2 fully saturated rings. The first-order chi connectivity index (χ1) is 15.4. The largest absolute Gasteiger partial charge is 0.459 e. The summed E-state index contributed by atoms with van der Waals surface area (Å²) < 4.78 is 90.0. The molecule has 0 heterocycles. The van der Waals surface area contributed by atoms with Gasteiger partial charge in [-0.25, -0.2) is 0 Å². The zero-order valence-electron chi connectivity index (χ0n) is 19.2. The minimum atomic E-state index is -6.27. The maximum atomic E-state index is 13.5. The van der Waals surface area contributed by atoms with Gasteiger partial charge in [-0.15, -0.1) is 0 Å². The van der Waals surface area contributed by atoms with E-state index < -0.39 is 30.9 Å². The molecular formula is C26H35F7. The highest BCUT2D eigenvalue weighted by Gasteiger charge is 2.72. The molecule has 2 aliphatic carbocycles. The zero-order valence-corrected chi connectivity index (χ0v) is 19.2. The molecule has 0 amide bonds. The summed E-state index contributed by atoms with van der Waals surface area (Å²) in [7, 11) is 0. The molecule has 0 radical (unpaired) electrons. The van der Waals surface area contributed by atoms with Gasteiger partial charge in [0.15, 0.2) is 0 Å². The molecule has 0 bridgehead atoms. The molecule has 2 saturated carbocycles. The molecule has 0 aliphatic heterocycles. The van der Waals surface area contributed by atoms with Crippen molar-refractivity contribution in [1.29, 1.82) is 0 Å². The summed E-state index contributed by atoms with van der Waals surface area (Å²) in [5.74, 6) is -8.27. The molecule has 7 heteroatoms. The van der Waals surface area contributed by atoms with E-state index in [1.807, 2.05) is 12.1 Å². The van der Waals surface area contributed by atoms with Crippen molar-refractivity contribution in [3.05, 3.63) is 35.4 Å². The lowest BCUT2D eigenvalue weighted by Gasteiger charge is -2.38. The van der Waals surface area contributed by atoms with E-state index in [-0.39, 0.29) is 0 Å². The third-order valence-electron chi connectivity index (χ3n) is 8.02. The summed E-state index contributed by atoms with van der Waals surface area (Å²) in [6.45, 7) is 2.25. The number of aryl methyl sites for hydroxylation is 1. The Bertz CT molecular complexity index is 722. The van der Waals surface area contributed by atoms with Gasteiger partial charge in [0.1, 0.15) is 0 Å². The van der Waals surface area contributed by atoms with E-state index in [0.29, 0.717) is 11.5 Å². The zero-order chi connectivity index (χ0) is 24.3. The van der Waals surface area contributed by atoms with E-state index in [9.17, 15) is 30.7 Å². The molecule has 0 nitrogen and oxygen atoms in total. The number of benzene rings is 1. The van der Waals surface area contributed by atoms with Crippen molar-refractivity contribution in [3.8, 4) is 0 Å². The van der Waals surface area contributed by atoms with Gasteiger partial charge in [-0.05, 0) is 79.7 Å². The maximum Gasteiger partial charge on any atom is 0.459 e. The van der Waals surface area contributed by atoms with Crippen molar-refractivity contribution < 1.29 is 30.7 Å². The van der Waals surface area contributed by atoms with Crippen LogP contribution < -0.4 is 0 Å². The van der Waals surface area contributed by atoms with Crippen molar-refractivity contribution in [1.82, 2.24) is 0 Å². The van der Waals surface area contributed by atoms with Crippen LogP contribution in [0.5, 0.6) is 0 Å². The lowest BCUT2D eigenvalue weighted by Crippen LogP contribution is -2.52. The molecule has 188 valence electrons. The van der Waals surface area contributed by atoms with E-state index in [4.69, 9.17) is 0 Å². The Labute approximate surface area is 192 Å². The van der Waals surface area contributed by atoms with Crippen LogP contribution in [-0.4, -0.2) is 18.0 Å². The highest BCUT2D eigenvalue weighted by atomic mass is 19.4. The van der Waals surface area contributed by atoms with Gasteiger partial charge in [0, 0.05) is 6.42 Å². The van der Waals surface area contributed by atoms with Crippen molar-refractivity contribution in [3.63, 3.8) is 0 Å². The third-order valence-corrected chi connectivity index (χ3v) is 8.02. The molecule has 0 N–H and O–H groups in total. The molecule has 0 spiro atoms. The Hall–Kier alpha value is -1.27. The summed E-state index contributed by atoms with van der Waals surface area (Å²) in [4.78, 5) is 0. The molecule has 0 unspecified atom stereocenters. The second-order valence-corrected chi connectivity index (χ2v) is 10.2. The molecule has 2 aliphatic rings. The minimum absolute atomic E-state index is 0.342. The Morgan fingerprint density at radius 2 is 1.24 bits per heavy atom. The molecule has 0 aromatic heterocycles. The van der Waals surface area contributed by atoms with Gasteiger partial charge in [0.25, 0.3) is 0 Å². The Morgan fingerprint density at radius 1 is 0.727 bits per heavy atom. The standard InChI is InChI=1S/C26H35F7/c1-2-3-18-4-8-20(9-5-18)22-12-14-23(15-13-22)21-10-6-19(7-11-21)16-17-24(27,28)25(29,30)26(31,32)33/h6-7,10-11,18,20,22-23H,2-5,8-9,12-17H2,1H3/t18-,20-,22-,23-. The Balaban J connectivity index is 1.47. The summed E-state index contributed by atoms with van der Waals surface area (Å²) in [6.07, 6.45) is 4.18. The smallest absolute Gasteiger partial charge is 0.199 e. The van der Waals surface area contributed by atoms with E-state index in [0.717, 1.165) is 36.2 Å². The summed E-state index contributed by atoms with van der Waals surface area (Å²) in [5.41, 5.74) is 1.44. The predicted molar refractivity (Wildman–Crippen MR) is 116 cm³/mol. The number of halogens is 7. The second-order valence-electron chi connectivity index (χ2n) is 10.2. The van der Waals surface area contributed by atoms with Gasteiger partial charge >= 0.3 is 18.0 Å². The van der Waals surface area contributed by atoms with Crippen LogP contribution in [0.15, 0.2) is 24.3 Å². The summed E-state index contributed by atoms with van der Waals surface area (Å²) >= 11 is 0. The average molecular weight is 481 g/mol. The van der Waals surface area contributed by atoms with Crippen molar-refractivity contribution in [2.45, 2.75) is 108 Å². The lowest BCUT2D eigenvalue weighted by molar-refractivity contribution is -0.355. The normalized spacial score (nSPS) is 27.5.